The molecule has 0 radical (unpaired) electrons. The summed E-state index contributed by atoms with van der Waals surface area (Å²) in [5.41, 5.74) is 0.658. The molecule has 1 saturated heterocycles. The van der Waals surface area contributed by atoms with Crippen LogP contribution in [-0.4, -0.2) is 53.1 Å². The summed E-state index contributed by atoms with van der Waals surface area (Å²) in [6.45, 7) is 5.59. The van der Waals surface area contributed by atoms with E-state index in [1.54, 1.807) is 13.8 Å². The maximum Gasteiger partial charge on any atom is 0.312 e. The van der Waals surface area contributed by atoms with Crippen LogP contribution in [0.2, 0.25) is 0 Å². The highest BCUT2D eigenvalue weighted by atomic mass is 16.6. The SMILES string of the molecule is Cc1nn(CC(=O)NCCCOCC2CCCO2)c(C)c1[N+](=O)[O-]. The van der Waals surface area contributed by atoms with E-state index in [1.807, 2.05) is 0 Å². The maximum absolute atomic E-state index is 11.9. The van der Waals surface area contributed by atoms with Crippen LogP contribution in [0.4, 0.5) is 5.69 Å². The number of aromatic nitrogens is 2. The fraction of sp³-hybridized carbons (Fsp3) is 0.733. The highest BCUT2D eigenvalue weighted by Crippen LogP contribution is 2.21. The molecule has 0 saturated carbocycles. The molecule has 1 fully saturated rings. The molecule has 0 aromatic carbocycles. The first-order valence-corrected chi connectivity index (χ1v) is 8.13. The number of amides is 1. The van der Waals surface area contributed by atoms with Crippen LogP contribution >= 0.6 is 0 Å². The second kappa shape index (κ2) is 8.74. The fourth-order valence-corrected chi connectivity index (χ4v) is 2.69. The summed E-state index contributed by atoms with van der Waals surface area (Å²) in [6, 6.07) is 0. The summed E-state index contributed by atoms with van der Waals surface area (Å²) in [6.07, 6.45) is 3.05. The molecule has 0 aliphatic carbocycles. The lowest BCUT2D eigenvalue weighted by atomic mass is 10.2. The molecule has 134 valence electrons. The van der Waals surface area contributed by atoms with Crippen LogP contribution in [0.5, 0.6) is 0 Å². The zero-order valence-corrected chi connectivity index (χ0v) is 14.1. The molecule has 1 aromatic rings. The van der Waals surface area contributed by atoms with Crippen LogP contribution in [0.1, 0.15) is 30.7 Å². The van der Waals surface area contributed by atoms with Gasteiger partial charge in [-0.25, -0.2) is 0 Å². The van der Waals surface area contributed by atoms with Crippen molar-refractivity contribution >= 4 is 11.6 Å². The summed E-state index contributed by atoms with van der Waals surface area (Å²) in [7, 11) is 0. The van der Waals surface area contributed by atoms with Gasteiger partial charge in [-0.15, -0.1) is 0 Å². The molecule has 1 N–H and O–H groups in total. The second-order valence-electron chi connectivity index (χ2n) is 5.85. The number of nitrogens with one attached hydrogen (secondary N) is 1. The van der Waals surface area contributed by atoms with E-state index in [1.165, 1.54) is 4.68 Å². The quantitative estimate of drug-likeness (QED) is 0.410. The zero-order valence-electron chi connectivity index (χ0n) is 14.1. The lowest BCUT2D eigenvalue weighted by Gasteiger charge is -2.10. The van der Waals surface area contributed by atoms with E-state index in [9.17, 15) is 14.9 Å². The van der Waals surface area contributed by atoms with Crippen molar-refractivity contribution in [2.24, 2.45) is 0 Å². The van der Waals surface area contributed by atoms with E-state index in [0.717, 1.165) is 19.4 Å². The van der Waals surface area contributed by atoms with Gasteiger partial charge in [-0.2, -0.15) is 5.10 Å². The highest BCUT2D eigenvalue weighted by Gasteiger charge is 2.22. The van der Waals surface area contributed by atoms with Gasteiger partial charge in [-0.3, -0.25) is 19.6 Å². The van der Waals surface area contributed by atoms with Crippen LogP contribution in [0.15, 0.2) is 0 Å². The monoisotopic (exact) mass is 340 g/mol. The Morgan fingerprint density at radius 1 is 1.54 bits per heavy atom. The first-order chi connectivity index (χ1) is 11.5. The molecule has 2 rings (SSSR count). The Hall–Kier alpha value is -2.00. The van der Waals surface area contributed by atoms with E-state index in [0.29, 0.717) is 37.6 Å². The topological polar surface area (TPSA) is 109 Å². The lowest BCUT2D eigenvalue weighted by Crippen LogP contribution is -2.30. The van der Waals surface area contributed by atoms with Crippen LogP contribution in [-0.2, 0) is 20.8 Å². The lowest BCUT2D eigenvalue weighted by molar-refractivity contribution is -0.386. The van der Waals surface area contributed by atoms with Crippen molar-refractivity contribution in [3.8, 4) is 0 Å². The molecular formula is C15H24N4O5. The number of carbonyl (C=O) groups is 1. The number of hydrogen-bond acceptors (Lipinski definition) is 6. The van der Waals surface area contributed by atoms with Crippen molar-refractivity contribution in [3.05, 3.63) is 21.5 Å². The smallest absolute Gasteiger partial charge is 0.312 e. The predicted molar refractivity (Wildman–Crippen MR) is 85.8 cm³/mol. The molecule has 1 aromatic heterocycles. The van der Waals surface area contributed by atoms with Crippen LogP contribution in [0.3, 0.4) is 0 Å². The predicted octanol–water partition coefficient (Wildman–Crippen LogP) is 1.11. The number of ether oxygens (including phenoxy) is 2. The normalized spacial score (nSPS) is 17.2. The van der Waals surface area contributed by atoms with Gasteiger partial charge < -0.3 is 14.8 Å². The molecule has 24 heavy (non-hydrogen) atoms. The first-order valence-electron chi connectivity index (χ1n) is 8.13. The van der Waals surface area contributed by atoms with Gasteiger partial charge in [0.2, 0.25) is 5.91 Å². The summed E-state index contributed by atoms with van der Waals surface area (Å²) in [5, 5.41) is 17.8. The minimum absolute atomic E-state index is 0.0305. The molecule has 0 spiro atoms. The van der Waals surface area contributed by atoms with E-state index in [2.05, 4.69) is 10.4 Å². The molecule has 9 nitrogen and oxygen atoms in total. The Morgan fingerprint density at radius 2 is 2.33 bits per heavy atom. The van der Waals surface area contributed by atoms with Gasteiger partial charge in [0.15, 0.2) is 0 Å². The third-order valence-electron chi connectivity index (χ3n) is 3.93. The van der Waals surface area contributed by atoms with E-state index in [4.69, 9.17) is 9.47 Å². The van der Waals surface area contributed by atoms with Crippen molar-refractivity contribution in [1.29, 1.82) is 0 Å². The van der Waals surface area contributed by atoms with Crippen LogP contribution < -0.4 is 5.32 Å². The number of carbonyl (C=O) groups excluding carboxylic acids is 1. The molecule has 2 heterocycles. The van der Waals surface area contributed by atoms with Crippen molar-refractivity contribution in [2.75, 3.05) is 26.4 Å². The Balaban J connectivity index is 1.64. The number of nitrogens with zero attached hydrogens (tertiary/aromatic N) is 3. The van der Waals surface area contributed by atoms with Gasteiger partial charge in [-0.1, -0.05) is 0 Å². The van der Waals surface area contributed by atoms with Crippen molar-refractivity contribution in [3.63, 3.8) is 0 Å². The Morgan fingerprint density at radius 3 is 2.96 bits per heavy atom. The molecule has 1 atom stereocenters. The summed E-state index contributed by atoms with van der Waals surface area (Å²) in [5.74, 6) is -0.227. The van der Waals surface area contributed by atoms with E-state index >= 15 is 0 Å². The number of aryl methyl sites for hydroxylation is 1. The first kappa shape index (κ1) is 18.3. The van der Waals surface area contributed by atoms with Crippen LogP contribution in [0, 0.1) is 24.0 Å². The van der Waals surface area contributed by atoms with E-state index < -0.39 is 4.92 Å². The average molecular weight is 340 g/mol. The molecule has 9 heteroatoms. The highest BCUT2D eigenvalue weighted by molar-refractivity contribution is 5.75. The van der Waals surface area contributed by atoms with Crippen molar-refractivity contribution in [2.45, 2.75) is 45.8 Å². The molecular weight excluding hydrogens is 316 g/mol. The van der Waals surface area contributed by atoms with Gasteiger partial charge in [0.1, 0.15) is 17.9 Å². The number of rotatable bonds is 9. The molecule has 1 aliphatic rings. The van der Waals surface area contributed by atoms with E-state index in [-0.39, 0.29) is 24.2 Å². The number of hydrogen-bond donors (Lipinski definition) is 1. The average Bonchev–Trinajstić information content (AvgIpc) is 3.11. The Kier molecular flexibility index (Phi) is 6.68. The molecule has 1 amide bonds. The second-order valence-corrected chi connectivity index (χ2v) is 5.85. The Labute approximate surface area is 140 Å². The zero-order chi connectivity index (χ0) is 17.5. The minimum atomic E-state index is -0.475. The minimum Gasteiger partial charge on any atom is -0.379 e. The standard InChI is InChI=1S/C15H24N4O5/c1-11-15(19(21)22)12(2)18(17-11)9-14(20)16-6-4-7-23-10-13-5-3-8-24-13/h13H,3-10H2,1-2H3,(H,16,20). The summed E-state index contributed by atoms with van der Waals surface area (Å²) >= 11 is 0. The third-order valence-corrected chi connectivity index (χ3v) is 3.93. The summed E-state index contributed by atoms with van der Waals surface area (Å²) in [4.78, 5) is 22.4. The molecule has 1 unspecified atom stereocenters. The summed E-state index contributed by atoms with van der Waals surface area (Å²) < 4.78 is 12.3. The fourth-order valence-electron chi connectivity index (χ4n) is 2.69. The Bertz CT molecular complexity index is 581. The van der Waals surface area contributed by atoms with Gasteiger partial charge in [0.05, 0.1) is 17.6 Å². The maximum atomic E-state index is 11.9. The largest absolute Gasteiger partial charge is 0.379 e. The molecule has 0 bridgehead atoms. The van der Waals surface area contributed by atoms with Gasteiger partial charge >= 0.3 is 5.69 Å². The third kappa shape index (κ3) is 5.00. The number of nitro groups is 1. The van der Waals surface area contributed by atoms with Gasteiger partial charge in [0.25, 0.3) is 0 Å². The van der Waals surface area contributed by atoms with Crippen molar-refractivity contribution in [1.82, 2.24) is 15.1 Å². The van der Waals surface area contributed by atoms with Crippen molar-refractivity contribution < 1.29 is 19.2 Å². The van der Waals surface area contributed by atoms with Gasteiger partial charge in [0, 0.05) is 19.8 Å². The molecule has 1 aliphatic heterocycles. The van der Waals surface area contributed by atoms with Crippen LogP contribution in [0.25, 0.3) is 0 Å². The van der Waals surface area contributed by atoms with Gasteiger partial charge in [-0.05, 0) is 33.1 Å².